The van der Waals surface area contributed by atoms with Crippen LogP contribution in [0, 0.1) is 17.8 Å². The lowest BCUT2D eigenvalue weighted by Gasteiger charge is -2.18. The molecule has 0 radical (unpaired) electrons. The van der Waals surface area contributed by atoms with E-state index in [1.165, 1.54) is 25.3 Å². The first-order chi connectivity index (χ1) is 13.1. The second kappa shape index (κ2) is 7.06. The molecule has 3 atom stereocenters. The Hall–Kier alpha value is -2.83. The largest absolute Gasteiger partial charge is 0.493 e. The van der Waals surface area contributed by atoms with Gasteiger partial charge in [-0.1, -0.05) is 12.2 Å². The van der Waals surface area contributed by atoms with Gasteiger partial charge in [0.25, 0.3) is 5.56 Å². The molecule has 1 saturated carbocycles. The molecule has 2 aromatic rings. The Bertz CT molecular complexity index is 966. The molecule has 142 valence electrons. The number of amides is 1. The first kappa shape index (κ1) is 17.6. The van der Waals surface area contributed by atoms with Crippen LogP contribution in [0.1, 0.15) is 12.8 Å². The Morgan fingerprint density at radius 3 is 2.78 bits per heavy atom. The molecule has 1 aromatic heterocycles. The third-order valence-electron chi connectivity index (χ3n) is 5.63. The summed E-state index contributed by atoms with van der Waals surface area (Å²) >= 11 is 0. The Morgan fingerprint density at radius 1 is 1.26 bits per heavy atom. The molecule has 2 bridgehead atoms. The maximum Gasteiger partial charge on any atom is 0.279 e. The van der Waals surface area contributed by atoms with E-state index in [2.05, 4.69) is 22.6 Å². The minimum absolute atomic E-state index is 0.119. The van der Waals surface area contributed by atoms with Gasteiger partial charge in [0.2, 0.25) is 5.91 Å². The number of nitrogens with zero attached hydrogens (tertiary/aromatic N) is 2. The number of hydrogen-bond acceptors (Lipinski definition) is 5. The van der Waals surface area contributed by atoms with Crippen LogP contribution < -0.4 is 20.3 Å². The van der Waals surface area contributed by atoms with Crippen LogP contribution >= 0.6 is 0 Å². The van der Waals surface area contributed by atoms with E-state index in [9.17, 15) is 9.59 Å². The number of fused-ring (bicyclic) bond motifs is 3. The maximum absolute atomic E-state index is 12.9. The van der Waals surface area contributed by atoms with Crippen LogP contribution in [0.4, 0.5) is 0 Å². The lowest BCUT2D eigenvalue weighted by molar-refractivity contribution is -0.122. The summed E-state index contributed by atoms with van der Waals surface area (Å²) < 4.78 is 11.8. The third kappa shape index (κ3) is 3.18. The summed E-state index contributed by atoms with van der Waals surface area (Å²) in [6.45, 7) is 0.523. The number of hydrogen-bond donors (Lipinski definition) is 1. The number of allylic oxidation sites excluding steroid dienone is 2. The van der Waals surface area contributed by atoms with Crippen molar-refractivity contribution in [2.24, 2.45) is 17.8 Å². The van der Waals surface area contributed by atoms with Gasteiger partial charge in [0.1, 0.15) is 6.54 Å². The molecule has 7 heteroatoms. The normalized spacial score (nSPS) is 23.0. The summed E-state index contributed by atoms with van der Waals surface area (Å²) in [6, 6.07) is 3.47. The average Bonchev–Trinajstić information content (AvgIpc) is 3.31. The van der Waals surface area contributed by atoms with E-state index in [0.29, 0.717) is 46.6 Å². The molecule has 1 fully saturated rings. The van der Waals surface area contributed by atoms with Gasteiger partial charge in [-0.2, -0.15) is 5.10 Å². The van der Waals surface area contributed by atoms with Crippen LogP contribution in [0.5, 0.6) is 11.5 Å². The van der Waals surface area contributed by atoms with Crippen LogP contribution in [0.15, 0.2) is 35.3 Å². The van der Waals surface area contributed by atoms with Crippen molar-refractivity contribution in [3.63, 3.8) is 0 Å². The molecule has 1 amide bonds. The average molecular weight is 369 g/mol. The summed E-state index contributed by atoms with van der Waals surface area (Å²) in [5, 5.41) is 8.09. The number of benzene rings is 1. The second-order valence-electron chi connectivity index (χ2n) is 7.22. The molecule has 2 aliphatic carbocycles. The van der Waals surface area contributed by atoms with Crippen molar-refractivity contribution in [1.29, 1.82) is 0 Å². The van der Waals surface area contributed by atoms with Crippen molar-refractivity contribution < 1.29 is 14.3 Å². The lowest BCUT2D eigenvalue weighted by Crippen LogP contribution is -2.36. The zero-order valence-corrected chi connectivity index (χ0v) is 15.5. The molecule has 0 spiro atoms. The second-order valence-corrected chi connectivity index (χ2v) is 7.22. The predicted octanol–water partition coefficient (Wildman–Crippen LogP) is 1.74. The van der Waals surface area contributed by atoms with Gasteiger partial charge in [-0.05, 0) is 42.7 Å². The number of aromatic nitrogens is 2. The Morgan fingerprint density at radius 2 is 2.11 bits per heavy atom. The van der Waals surface area contributed by atoms with E-state index in [-0.39, 0.29) is 18.0 Å². The smallest absolute Gasteiger partial charge is 0.279 e. The zero-order chi connectivity index (χ0) is 19.0. The molecule has 2 aliphatic rings. The number of rotatable bonds is 6. The van der Waals surface area contributed by atoms with Gasteiger partial charge in [0.15, 0.2) is 11.5 Å². The monoisotopic (exact) mass is 369 g/mol. The van der Waals surface area contributed by atoms with Crippen LogP contribution in [-0.2, 0) is 11.3 Å². The Kier molecular flexibility index (Phi) is 4.59. The van der Waals surface area contributed by atoms with Crippen molar-refractivity contribution in [2.45, 2.75) is 19.4 Å². The highest BCUT2D eigenvalue weighted by molar-refractivity contribution is 5.89. The minimum atomic E-state index is -0.374. The molecular weight excluding hydrogens is 346 g/mol. The number of carbonyl (C=O) groups is 1. The molecule has 7 nitrogen and oxygen atoms in total. The highest BCUT2D eigenvalue weighted by Gasteiger charge is 2.35. The fourth-order valence-corrected chi connectivity index (χ4v) is 4.26. The van der Waals surface area contributed by atoms with Gasteiger partial charge in [0.05, 0.1) is 25.8 Å². The van der Waals surface area contributed by atoms with Crippen LogP contribution in [0.25, 0.3) is 10.8 Å². The van der Waals surface area contributed by atoms with E-state index in [0.717, 1.165) is 6.42 Å². The van der Waals surface area contributed by atoms with Gasteiger partial charge in [-0.3, -0.25) is 9.59 Å². The number of ether oxygens (including phenoxy) is 2. The first-order valence-electron chi connectivity index (χ1n) is 9.16. The van der Waals surface area contributed by atoms with E-state index < -0.39 is 0 Å². The molecule has 1 N–H and O–H groups in total. The van der Waals surface area contributed by atoms with Gasteiger partial charge in [-0.25, -0.2) is 4.68 Å². The van der Waals surface area contributed by atoms with E-state index >= 15 is 0 Å². The molecule has 0 aliphatic heterocycles. The zero-order valence-electron chi connectivity index (χ0n) is 15.5. The molecule has 4 rings (SSSR count). The van der Waals surface area contributed by atoms with Crippen LogP contribution in [-0.4, -0.2) is 36.5 Å². The highest BCUT2D eigenvalue weighted by atomic mass is 16.5. The van der Waals surface area contributed by atoms with Crippen molar-refractivity contribution >= 4 is 16.7 Å². The first-order valence-corrected chi connectivity index (χ1v) is 9.16. The summed E-state index contributed by atoms with van der Waals surface area (Å²) in [6.07, 6.45) is 8.44. The van der Waals surface area contributed by atoms with Crippen molar-refractivity contribution in [1.82, 2.24) is 15.1 Å². The molecule has 27 heavy (non-hydrogen) atoms. The van der Waals surface area contributed by atoms with Crippen molar-refractivity contribution in [2.75, 3.05) is 20.8 Å². The third-order valence-corrected chi connectivity index (χ3v) is 5.63. The number of nitrogens with one attached hydrogen (secondary N) is 1. The van der Waals surface area contributed by atoms with Crippen molar-refractivity contribution in [3.05, 3.63) is 40.8 Å². The van der Waals surface area contributed by atoms with E-state index in [1.807, 2.05) is 0 Å². The van der Waals surface area contributed by atoms with Crippen molar-refractivity contribution in [3.8, 4) is 11.5 Å². The van der Waals surface area contributed by atoms with Gasteiger partial charge < -0.3 is 14.8 Å². The minimum Gasteiger partial charge on any atom is -0.493 e. The molecule has 1 heterocycles. The van der Waals surface area contributed by atoms with E-state index in [1.54, 1.807) is 18.3 Å². The van der Waals surface area contributed by atoms with E-state index in [4.69, 9.17) is 9.47 Å². The quantitative estimate of drug-likeness (QED) is 0.785. The molecule has 0 saturated heterocycles. The predicted molar refractivity (Wildman–Crippen MR) is 101 cm³/mol. The highest BCUT2D eigenvalue weighted by Crippen LogP contribution is 2.42. The van der Waals surface area contributed by atoms with Gasteiger partial charge >= 0.3 is 0 Å². The van der Waals surface area contributed by atoms with Crippen LogP contribution in [0.3, 0.4) is 0 Å². The van der Waals surface area contributed by atoms with Gasteiger partial charge in [-0.15, -0.1) is 0 Å². The molecule has 0 unspecified atom stereocenters. The number of methoxy groups -OCH3 is 2. The summed E-state index contributed by atoms with van der Waals surface area (Å²) in [5.41, 5.74) is -0.374. The fourth-order valence-electron chi connectivity index (χ4n) is 4.26. The summed E-state index contributed by atoms with van der Waals surface area (Å²) in [7, 11) is 3.00. The Labute approximate surface area is 157 Å². The maximum atomic E-state index is 12.9. The van der Waals surface area contributed by atoms with Gasteiger partial charge in [0, 0.05) is 11.9 Å². The standard InChI is InChI=1S/C20H23N3O4/c1-26-16-6-5-14-10-22-23(20(25)18(14)19(16)27-2)11-17(24)21-9-15-8-12-3-4-13(15)7-12/h3-6,10,12-13,15H,7-9,11H2,1-2H3,(H,21,24)/t12-,13-,15-/m0/s1. The molecular formula is C20H23N3O4. The fraction of sp³-hybridized carbons (Fsp3) is 0.450. The summed E-state index contributed by atoms with van der Waals surface area (Å²) in [4.78, 5) is 25.2. The summed E-state index contributed by atoms with van der Waals surface area (Å²) in [5.74, 6) is 2.35. The Balaban J connectivity index is 1.51. The lowest BCUT2D eigenvalue weighted by atomic mass is 9.94. The SMILES string of the molecule is COc1ccc2cnn(CC(=O)NC[C@@H]3C[C@H]4C=C[C@H]3C4)c(=O)c2c1OC. The number of carbonyl (C=O) groups excluding carboxylic acids is 1. The molecule has 1 aromatic carbocycles. The van der Waals surface area contributed by atoms with Crippen LogP contribution in [0.2, 0.25) is 0 Å². The topological polar surface area (TPSA) is 82.5 Å².